The fourth-order valence-electron chi connectivity index (χ4n) is 0.616. The first-order chi connectivity index (χ1) is 5.43. The highest BCUT2D eigenvalue weighted by atomic mass is 32.2. The monoisotopic (exact) mass is 172 g/mol. The SMILES string of the molecule is O=COCCC1=CSC=CO1. The molecule has 0 saturated carbocycles. The molecule has 0 aliphatic carbocycles. The van der Waals surface area contributed by atoms with Crippen LogP contribution in [0.3, 0.4) is 0 Å². The number of hydrogen-bond acceptors (Lipinski definition) is 4. The predicted molar refractivity (Wildman–Crippen MR) is 42.5 cm³/mol. The molecule has 0 amide bonds. The summed E-state index contributed by atoms with van der Waals surface area (Å²) in [6.45, 7) is 0.816. The van der Waals surface area contributed by atoms with Gasteiger partial charge in [-0.05, 0) is 0 Å². The highest BCUT2D eigenvalue weighted by Gasteiger charge is 1.99. The third-order valence-corrected chi connectivity index (χ3v) is 1.75. The largest absolute Gasteiger partial charge is 0.468 e. The van der Waals surface area contributed by atoms with E-state index >= 15 is 0 Å². The average Bonchev–Trinajstić information content (AvgIpc) is 2.07. The number of carbonyl (C=O) groups excluding carboxylic acids is 1. The lowest BCUT2D eigenvalue weighted by Gasteiger charge is -2.07. The van der Waals surface area contributed by atoms with E-state index in [1.54, 1.807) is 18.0 Å². The van der Waals surface area contributed by atoms with Crippen LogP contribution in [0, 0.1) is 0 Å². The van der Waals surface area contributed by atoms with Crippen LogP contribution in [0.5, 0.6) is 0 Å². The second kappa shape index (κ2) is 4.85. The van der Waals surface area contributed by atoms with Crippen LogP contribution >= 0.6 is 11.8 Å². The minimum atomic E-state index is 0.379. The molecule has 0 fully saturated rings. The minimum absolute atomic E-state index is 0.379. The van der Waals surface area contributed by atoms with Crippen LogP contribution < -0.4 is 0 Å². The maximum atomic E-state index is 9.74. The summed E-state index contributed by atoms with van der Waals surface area (Å²) in [6, 6.07) is 0. The molecule has 4 heteroatoms. The van der Waals surface area contributed by atoms with Crippen molar-refractivity contribution in [1.82, 2.24) is 0 Å². The third-order valence-electron chi connectivity index (χ3n) is 1.09. The van der Waals surface area contributed by atoms with Gasteiger partial charge in [0.2, 0.25) is 0 Å². The maximum absolute atomic E-state index is 9.74. The number of hydrogen-bond donors (Lipinski definition) is 0. The van der Waals surface area contributed by atoms with Crippen LogP contribution in [-0.4, -0.2) is 13.1 Å². The lowest BCUT2D eigenvalue weighted by atomic mass is 10.4. The molecule has 11 heavy (non-hydrogen) atoms. The molecule has 0 aromatic carbocycles. The molecule has 0 bridgehead atoms. The van der Waals surface area contributed by atoms with E-state index in [0.29, 0.717) is 19.5 Å². The molecule has 3 nitrogen and oxygen atoms in total. The van der Waals surface area contributed by atoms with E-state index in [4.69, 9.17) is 4.74 Å². The van der Waals surface area contributed by atoms with Crippen LogP contribution in [-0.2, 0) is 14.3 Å². The quantitative estimate of drug-likeness (QED) is 0.477. The van der Waals surface area contributed by atoms with Crippen molar-refractivity contribution < 1.29 is 14.3 Å². The molecule has 1 heterocycles. The molecule has 1 aliphatic heterocycles. The first-order valence-corrected chi connectivity index (χ1v) is 4.09. The van der Waals surface area contributed by atoms with Crippen LogP contribution in [0.4, 0.5) is 0 Å². The Bertz CT molecular complexity index is 186. The van der Waals surface area contributed by atoms with Crippen molar-refractivity contribution in [1.29, 1.82) is 0 Å². The minimum Gasteiger partial charge on any atom is -0.468 e. The van der Waals surface area contributed by atoms with E-state index in [2.05, 4.69) is 4.74 Å². The highest BCUT2D eigenvalue weighted by molar-refractivity contribution is 8.04. The summed E-state index contributed by atoms with van der Waals surface area (Å²) in [7, 11) is 0. The molecule has 0 radical (unpaired) electrons. The van der Waals surface area contributed by atoms with Crippen molar-refractivity contribution in [2.24, 2.45) is 0 Å². The summed E-state index contributed by atoms with van der Waals surface area (Å²) in [4.78, 5) is 9.74. The molecule has 0 unspecified atom stereocenters. The van der Waals surface area contributed by atoms with Gasteiger partial charge in [-0.2, -0.15) is 0 Å². The zero-order chi connectivity index (χ0) is 7.94. The first kappa shape index (κ1) is 8.20. The summed E-state index contributed by atoms with van der Waals surface area (Å²) in [5, 5.41) is 3.72. The molecule has 1 aliphatic rings. The fourth-order valence-corrected chi connectivity index (χ4v) is 1.14. The molecule has 60 valence electrons. The molecule has 0 atom stereocenters. The third kappa shape index (κ3) is 3.13. The highest BCUT2D eigenvalue weighted by Crippen LogP contribution is 2.18. The van der Waals surface area contributed by atoms with E-state index in [0.717, 1.165) is 5.76 Å². The van der Waals surface area contributed by atoms with Crippen LogP contribution in [0.25, 0.3) is 0 Å². The van der Waals surface area contributed by atoms with E-state index in [1.165, 1.54) is 0 Å². The second-order valence-electron chi connectivity index (χ2n) is 1.83. The summed E-state index contributed by atoms with van der Waals surface area (Å²) >= 11 is 1.55. The van der Waals surface area contributed by atoms with Gasteiger partial charge >= 0.3 is 0 Å². The number of ether oxygens (including phenoxy) is 2. The Balaban J connectivity index is 2.15. The van der Waals surface area contributed by atoms with Gasteiger partial charge in [0, 0.05) is 17.2 Å². The molecule has 0 spiro atoms. The molecule has 0 saturated heterocycles. The Labute approximate surface area is 69.1 Å². The van der Waals surface area contributed by atoms with Gasteiger partial charge in [0.05, 0.1) is 12.9 Å². The molecule has 1 rings (SSSR count). The van der Waals surface area contributed by atoms with Gasteiger partial charge in [-0.25, -0.2) is 0 Å². The Hall–Kier alpha value is -0.900. The van der Waals surface area contributed by atoms with Gasteiger partial charge in [-0.15, -0.1) is 0 Å². The lowest BCUT2D eigenvalue weighted by Crippen LogP contribution is -1.96. The average molecular weight is 172 g/mol. The van der Waals surface area contributed by atoms with Crippen molar-refractivity contribution in [2.75, 3.05) is 6.61 Å². The van der Waals surface area contributed by atoms with Crippen LogP contribution in [0.1, 0.15) is 6.42 Å². The van der Waals surface area contributed by atoms with Gasteiger partial charge in [-0.3, -0.25) is 4.79 Å². The Morgan fingerprint density at radius 3 is 3.27 bits per heavy atom. The number of thioether (sulfide) groups is 1. The van der Waals surface area contributed by atoms with E-state index in [1.807, 2.05) is 10.8 Å². The summed E-state index contributed by atoms with van der Waals surface area (Å²) < 4.78 is 9.59. The zero-order valence-corrected chi connectivity index (χ0v) is 6.67. The van der Waals surface area contributed by atoms with E-state index in [9.17, 15) is 4.79 Å². The smallest absolute Gasteiger partial charge is 0.293 e. The Morgan fingerprint density at radius 1 is 1.73 bits per heavy atom. The van der Waals surface area contributed by atoms with E-state index in [-0.39, 0.29) is 0 Å². The van der Waals surface area contributed by atoms with E-state index < -0.39 is 0 Å². The predicted octanol–water partition coefficient (Wildman–Crippen LogP) is 1.63. The molecule has 0 aromatic rings. The summed E-state index contributed by atoms with van der Waals surface area (Å²) in [5.41, 5.74) is 0. The van der Waals surface area contributed by atoms with Crippen molar-refractivity contribution >= 4 is 18.2 Å². The first-order valence-electron chi connectivity index (χ1n) is 3.15. The standard InChI is InChI=1S/C7H8O3S/c8-6-9-2-1-7-5-11-4-3-10-7/h3-6H,1-2H2. The molecular weight excluding hydrogens is 164 g/mol. The van der Waals surface area contributed by atoms with Gasteiger partial charge < -0.3 is 9.47 Å². The summed E-state index contributed by atoms with van der Waals surface area (Å²) in [6.07, 6.45) is 2.25. The fraction of sp³-hybridized carbons (Fsp3) is 0.286. The Morgan fingerprint density at radius 2 is 2.64 bits per heavy atom. The van der Waals surface area contributed by atoms with Gasteiger partial charge in [0.25, 0.3) is 6.47 Å². The zero-order valence-electron chi connectivity index (χ0n) is 5.86. The number of carbonyl (C=O) groups is 1. The molecular formula is C7H8O3S. The van der Waals surface area contributed by atoms with Crippen LogP contribution in [0.15, 0.2) is 22.8 Å². The van der Waals surface area contributed by atoms with Crippen molar-refractivity contribution in [2.45, 2.75) is 6.42 Å². The second-order valence-corrected chi connectivity index (χ2v) is 2.61. The Kier molecular flexibility index (Phi) is 3.61. The van der Waals surface area contributed by atoms with Gasteiger partial charge in [-0.1, -0.05) is 11.8 Å². The lowest BCUT2D eigenvalue weighted by molar-refractivity contribution is -0.128. The van der Waals surface area contributed by atoms with Gasteiger partial charge in [0.15, 0.2) is 0 Å². The van der Waals surface area contributed by atoms with Crippen molar-refractivity contribution in [3.63, 3.8) is 0 Å². The molecule has 0 N–H and O–H groups in total. The normalized spacial score (nSPS) is 15.1. The van der Waals surface area contributed by atoms with Gasteiger partial charge in [0.1, 0.15) is 5.76 Å². The topological polar surface area (TPSA) is 35.5 Å². The maximum Gasteiger partial charge on any atom is 0.293 e. The summed E-state index contributed by atoms with van der Waals surface area (Å²) in [5.74, 6) is 0.833. The van der Waals surface area contributed by atoms with Crippen LogP contribution in [0.2, 0.25) is 0 Å². The molecule has 0 aromatic heterocycles. The van der Waals surface area contributed by atoms with Crippen molar-refractivity contribution in [3.8, 4) is 0 Å². The van der Waals surface area contributed by atoms with Crippen molar-refractivity contribution in [3.05, 3.63) is 22.8 Å². The number of rotatable bonds is 4.